The predicted molar refractivity (Wildman–Crippen MR) is 83.5 cm³/mol. The lowest BCUT2D eigenvalue weighted by molar-refractivity contribution is 0.152. The lowest BCUT2D eigenvalue weighted by Gasteiger charge is -2.34. The van der Waals surface area contributed by atoms with Gasteiger partial charge in [0.2, 0.25) is 0 Å². The minimum atomic E-state index is 0.123. The quantitative estimate of drug-likeness (QED) is 0.780. The van der Waals surface area contributed by atoms with Gasteiger partial charge in [0, 0.05) is 30.3 Å². The number of hydrogen-bond donors (Lipinski definition) is 3. The first-order valence-corrected chi connectivity index (χ1v) is 8.13. The molecule has 2 unspecified atom stereocenters. The smallest absolute Gasteiger partial charge is 0.124 e. The van der Waals surface area contributed by atoms with Crippen LogP contribution >= 0.6 is 0 Å². The Labute approximate surface area is 126 Å². The summed E-state index contributed by atoms with van der Waals surface area (Å²) >= 11 is 0. The molecule has 2 aliphatic rings. The van der Waals surface area contributed by atoms with Gasteiger partial charge in [0.05, 0.1) is 0 Å². The molecule has 1 aromatic rings. The van der Waals surface area contributed by atoms with Crippen molar-refractivity contribution in [2.75, 3.05) is 19.6 Å². The number of hydrogen-bond acceptors (Lipinski definition) is 4. The van der Waals surface area contributed by atoms with Crippen LogP contribution < -0.4 is 5.32 Å². The second-order valence-corrected chi connectivity index (χ2v) is 6.56. The SMILES string of the molecule is CC(c1ccc(O)cc1O)N(CC1CCCNC1)C1CC1. The Hall–Kier alpha value is -1.26. The molecule has 0 bridgehead atoms. The van der Waals surface area contributed by atoms with Crippen molar-refractivity contribution in [2.24, 2.45) is 5.92 Å². The molecule has 3 rings (SSSR count). The second-order valence-electron chi connectivity index (χ2n) is 6.56. The van der Waals surface area contributed by atoms with Crippen LogP contribution in [0.1, 0.15) is 44.2 Å². The van der Waals surface area contributed by atoms with Gasteiger partial charge >= 0.3 is 0 Å². The van der Waals surface area contributed by atoms with E-state index in [0.29, 0.717) is 12.0 Å². The van der Waals surface area contributed by atoms with Crippen molar-refractivity contribution < 1.29 is 10.2 Å². The van der Waals surface area contributed by atoms with Gasteiger partial charge < -0.3 is 15.5 Å². The van der Waals surface area contributed by atoms with Crippen LogP contribution in [0.3, 0.4) is 0 Å². The van der Waals surface area contributed by atoms with Crippen molar-refractivity contribution in [2.45, 2.75) is 44.7 Å². The maximum Gasteiger partial charge on any atom is 0.124 e. The molecule has 2 atom stereocenters. The maximum atomic E-state index is 10.1. The van der Waals surface area contributed by atoms with E-state index in [1.165, 1.54) is 31.7 Å². The highest BCUT2D eigenvalue weighted by atomic mass is 16.3. The maximum absolute atomic E-state index is 10.1. The van der Waals surface area contributed by atoms with E-state index in [0.717, 1.165) is 25.2 Å². The summed E-state index contributed by atoms with van der Waals surface area (Å²) in [5.74, 6) is 1.04. The summed E-state index contributed by atoms with van der Waals surface area (Å²) in [6.45, 7) is 5.52. The fraction of sp³-hybridized carbons (Fsp3) is 0.647. The van der Waals surface area contributed by atoms with Crippen molar-refractivity contribution in [3.8, 4) is 11.5 Å². The van der Waals surface area contributed by atoms with Crippen molar-refractivity contribution in [3.05, 3.63) is 23.8 Å². The lowest BCUT2D eigenvalue weighted by atomic mass is 9.97. The Morgan fingerprint density at radius 3 is 2.71 bits per heavy atom. The number of aromatic hydroxyl groups is 2. The number of nitrogens with zero attached hydrogens (tertiary/aromatic N) is 1. The third-order valence-electron chi connectivity index (χ3n) is 4.85. The molecule has 1 heterocycles. The Morgan fingerprint density at radius 2 is 2.10 bits per heavy atom. The highest BCUT2D eigenvalue weighted by Gasteiger charge is 2.35. The van der Waals surface area contributed by atoms with Crippen molar-refractivity contribution in [1.29, 1.82) is 0 Å². The van der Waals surface area contributed by atoms with Crippen LogP contribution in [0.15, 0.2) is 18.2 Å². The molecular weight excluding hydrogens is 264 g/mol. The molecule has 4 nitrogen and oxygen atoms in total. The first-order chi connectivity index (χ1) is 10.1. The monoisotopic (exact) mass is 290 g/mol. The Kier molecular flexibility index (Phi) is 4.36. The molecule has 0 aromatic heterocycles. The highest BCUT2D eigenvalue weighted by molar-refractivity contribution is 5.40. The van der Waals surface area contributed by atoms with E-state index in [9.17, 15) is 10.2 Å². The summed E-state index contributed by atoms with van der Waals surface area (Å²) in [6.07, 6.45) is 5.10. The molecule has 0 spiro atoms. The van der Waals surface area contributed by atoms with Gasteiger partial charge in [-0.1, -0.05) is 6.07 Å². The molecule has 1 saturated carbocycles. The molecule has 0 amide bonds. The summed E-state index contributed by atoms with van der Waals surface area (Å²) in [6, 6.07) is 5.82. The summed E-state index contributed by atoms with van der Waals surface area (Å²) in [4.78, 5) is 2.55. The Morgan fingerprint density at radius 1 is 1.29 bits per heavy atom. The van der Waals surface area contributed by atoms with Crippen LogP contribution in [0.4, 0.5) is 0 Å². The second kappa shape index (κ2) is 6.24. The molecule has 1 saturated heterocycles. The van der Waals surface area contributed by atoms with Crippen molar-refractivity contribution >= 4 is 0 Å². The molecule has 116 valence electrons. The minimum Gasteiger partial charge on any atom is -0.508 e. The van der Waals surface area contributed by atoms with Crippen LogP contribution in [0.2, 0.25) is 0 Å². The van der Waals surface area contributed by atoms with E-state index in [1.807, 2.05) is 6.07 Å². The summed E-state index contributed by atoms with van der Waals surface area (Å²) < 4.78 is 0. The van der Waals surface area contributed by atoms with Gasteiger partial charge in [-0.05, 0) is 57.7 Å². The molecule has 2 fully saturated rings. The molecule has 1 aliphatic heterocycles. The molecule has 0 radical (unpaired) electrons. The van der Waals surface area contributed by atoms with Gasteiger partial charge in [0.15, 0.2) is 0 Å². The molecule has 3 N–H and O–H groups in total. The molecule has 1 aromatic carbocycles. The van der Waals surface area contributed by atoms with Gasteiger partial charge in [-0.3, -0.25) is 4.90 Å². The number of piperidine rings is 1. The van der Waals surface area contributed by atoms with Crippen LogP contribution in [0, 0.1) is 5.92 Å². The van der Waals surface area contributed by atoms with Gasteiger partial charge in [0.25, 0.3) is 0 Å². The zero-order valence-corrected chi connectivity index (χ0v) is 12.8. The van der Waals surface area contributed by atoms with Gasteiger partial charge in [-0.15, -0.1) is 0 Å². The van der Waals surface area contributed by atoms with E-state index in [4.69, 9.17) is 0 Å². The molecule has 21 heavy (non-hydrogen) atoms. The van der Waals surface area contributed by atoms with Gasteiger partial charge in [-0.2, -0.15) is 0 Å². The third-order valence-corrected chi connectivity index (χ3v) is 4.85. The van der Waals surface area contributed by atoms with Crippen LogP contribution in [-0.4, -0.2) is 40.8 Å². The van der Waals surface area contributed by atoms with E-state index in [1.54, 1.807) is 6.07 Å². The first kappa shape index (κ1) is 14.7. The fourth-order valence-electron chi connectivity index (χ4n) is 3.47. The number of phenolic OH excluding ortho intramolecular Hbond substituents is 2. The van der Waals surface area contributed by atoms with Crippen LogP contribution in [0.25, 0.3) is 0 Å². The number of nitrogens with one attached hydrogen (secondary N) is 1. The summed E-state index contributed by atoms with van der Waals surface area (Å²) in [7, 11) is 0. The van der Waals surface area contributed by atoms with Gasteiger partial charge in [-0.25, -0.2) is 0 Å². The Balaban J connectivity index is 1.73. The van der Waals surface area contributed by atoms with Crippen LogP contribution in [0.5, 0.6) is 11.5 Å². The van der Waals surface area contributed by atoms with Gasteiger partial charge in [0.1, 0.15) is 11.5 Å². The fourth-order valence-corrected chi connectivity index (χ4v) is 3.47. The molecule has 4 heteroatoms. The molecule has 1 aliphatic carbocycles. The molecular formula is C17H26N2O2. The average molecular weight is 290 g/mol. The zero-order valence-electron chi connectivity index (χ0n) is 12.8. The minimum absolute atomic E-state index is 0.123. The van der Waals surface area contributed by atoms with Crippen molar-refractivity contribution in [3.63, 3.8) is 0 Å². The highest BCUT2D eigenvalue weighted by Crippen LogP contribution is 2.38. The third kappa shape index (κ3) is 3.50. The zero-order chi connectivity index (χ0) is 14.8. The number of rotatable bonds is 5. The Bertz CT molecular complexity index is 482. The van der Waals surface area contributed by atoms with E-state index in [2.05, 4.69) is 17.1 Å². The standard InChI is InChI=1S/C17H26N2O2/c1-12(16-7-6-15(20)9-17(16)21)19(14-4-5-14)11-13-3-2-8-18-10-13/h6-7,9,12-14,18,20-21H,2-5,8,10-11H2,1H3. The number of benzene rings is 1. The van der Waals surface area contributed by atoms with E-state index >= 15 is 0 Å². The lowest BCUT2D eigenvalue weighted by Crippen LogP contribution is -2.40. The van der Waals surface area contributed by atoms with E-state index in [-0.39, 0.29) is 17.5 Å². The normalized spacial score (nSPS) is 24.2. The largest absolute Gasteiger partial charge is 0.508 e. The predicted octanol–water partition coefficient (Wildman–Crippen LogP) is 2.62. The van der Waals surface area contributed by atoms with Crippen molar-refractivity contribution in [1.82, 2.24) is 10.2 Å². The average Bonchev–Trinajstić information content (AvgIpc) is 3.30. The number of phenols is 2. The van der Waals surface area contributed by atoms with Crippen LogP contribution in [-0.2, 0) is 0 Å². The first-order valence-electron chi connectivity index (χ1n) is 8.13. The summed E-state index contributed by atoms with van der Waals surface area (Å²) in [5.41, 5.74) is 0.920. The summed E-state index contributed by atoms with van der Waals surface area (Å²) in [5, 5.41) is 23.1. The van der Waals surface area contributed by atoms with E-state index < -0.39 is 0 Å². The topological polar surface area (TPSA) is 55.7 Å².